The van der Waals surface area contributed by atoms with Crippen molar-refractivity contribution in [2.75, 3.05) is 19.8 Å². The van der Waals surface area contributed by atoms with Crippen LogP contribution in [0.3, 0.4) is 0 Å². The van der Waals surface area contributed by atoms with Crippen LogP contribution in [-0.2, 0) is 0 Å². The van der Waals surface area contributed by atoms with E-state index >= 15 is 0 Å². The van der Waals surface area contributed by atoms with Gasteiger partial charge in [0.1, 0.15) is 0 Å². The molecule has 17 heavy (non-hydrogen) atoms. The van der Waals surface area contributed by atoms with Crippen LogP contribution < -0.4 is 0 Å². The number of unbranched alkanes of at least 4 members (excludes halogenated alkanes) is 2. The van der Waals surface area contributed by atoms with Crippen LogP contribution in [0, 0.1) is 0 Å². The second kappa shape index (κ2) is 15.8. The number of aliphatic hydroxyl groups is 5. The molecule has 2 unspecified atom stereocenters. The van der Waals surface area contributed by atoms with E-state index in [1.807, 2.05) is 0 Å². The quantitative estimate of drug-likeness (QED) is 0.373. The molecule has 0 aromatic carbocycles. The molecule has 2 atom stereocenters. The summed E-state index contributed by atoms with van der Waals surface area (Å²) < 4.78 is 0. The number of aliphatic hydroxyl groups excluding tert-OH is 5. The maximum absolute atomic E-state index is 8.75. The second-order valence-electron chi connectivity index (χ2n) is 4.03. The van der Waals surface area contributed by atoms with Crippen LogP contribution in [0.15, 0.2) is 0 Å². The van der Waals surface area contributed by atoms with Crippen molar-refractivity contribution in [3.05, 3.63) is 0 Å². The maximum atomic E-state index is 8.75. The van der Waals surface area contributed by atoms with Gasteiger partial charge >= 0.3 is 0 Å². The second-order valence-corrected chi connectivity index (χ2v) is 4.03. The van der Waals surface area contributed by atoms with Gasteiger partial charge in [0, 0.05) is 6.61 Å². The highest BCUT2D eigenvalue weighted by Crippen LogP contribution is 1.98. The van der Waals surface area contributed by atoms with Crippen LogP contribution >= 0.6 is 0 Å². The summed E-state index contributed by atoms with van der Waals surface area (Å²) in [6.45, 7) is 1.95. The minimum Gasteiger partial charge on any atom is -0.396 e. The molecule has 0 bridgehead atoms. The first-order chi connectivity index (χ1) is 8.12. The molecule has 0 heterocycles. The Morgan fingerprint density at radius 1 is 0.765 bits per heavy atom. The molecule has 0 fully saturated rings. The third kappa shape index (κ3) is 18.4. The average molecular weight is 252 g/mol. The molecule has 0 aliphatic rings. The highest BCUT2D eigenvalue weighted by atomic mass is 16.3. The minimum absolute atomic E-state index is 0.0972. The molecule has 5 heteroatoms. The van der Waals surface area contributed by atoms with Gasteiger partial charge in [0.2, 0.25) is 0 Å². The SMILES string of the molecule is CCCCC(O)CO.OCCCCC(O)CO. The van der Waals surface area contributed by atoms with E-state index in [2.05, 4.69) is 6.92 Å². The first-order valence-electron chi connectivity index (χ1n) is 6.31. The van der Waals surface area contributed by atoms with Gasteiger partial charge in [-0.25, -0.2) is 0 Å². The lowest BCUT2D eigenvalue weighted by Gasteiger charge is -2.03. The zero-order chi connectivity index (χ0) is 13.5. The van der Waals surface area contributed by atoms with Crippen molar-refractivity contribution in [2.45, 2.75) is 57.7 Å². The Morgan fingerprint density at radius 2 is 1.24 bits per heavy atom. The third-order valence-electron chi connectivity index (χ3n) is 2.26. The molecule has 0 saturated carbocycles. The number of hydrogen-bond acceptors (Lipinski definition) is 5. The van der Waals surface area contributed by atoms with Gasteiger partial charge in [-0.15, -0.1) is 0 Å². The summed E-state index contributed by atoms with van der Waals surface area (Å²) in [6, 6.07) is 0. The van der Waals surface area contributed by atoms with Gasteiger partial charge in [0.25, 0.3) is 0 Å². The Hall–Kier alpha value is -0.200. The maximum Gasteiger partial charge on any atom is 0.0771 e. The summed E-state index contributed by atoms with van der Waals surface area (Å²) in [7, 11) is 0. The average Bonchev–Trinajstić information content (AvgIpc) is 2.36. The lowest BCUT2D eigenvalue weighted by Crippen LogP contribution is -2.11. The van der Waals surface area contributed by atoms with E-state index in [9.17, 15) is 0 Å². The van der Waals surface area contributed by atoms with E-state index in [0.29, 0.717) is 12.8 Å². The van der Waals surface area contributed by atoms with E-state index in [1.54, 1.807) is 0 Å². The van der Waals surface area contributed by atoms with E-state index in [-0.39, 0.29) is 19.8 Å². The summed E-state index contributed by atoms with van der Waals surface area (Å²) in [5, 5.41) is 42.4. The third-order valence-corrected chi connectivity index (χ3v) is 2.26. The highest BCUT2D eigenvalue weighted by molar-refractivity contribution is 4.51. The fourth-order valence-electron chi connectivity index (χ4n) is 1.11. The molecule has 0 aliphatic heterocycles. The lowest BCUT2D eigenvalue weighted by atomic mass is 10.2. The van der Waals surface area contributed by atoms with Crippen molar-refractivity contribution in [1.82, 2.24) is 0 Å². The molecule has 0 aliphatic carbocycles. The molecular weight excluding hydrogens is 224 g/mol. The topological polar surface area (TPSA) is 101 Å². The van der Waals surface area contributed by atoms with Crippen molar-refractivity contribution < 1.29 is 25.5 Å². The van der Waals surface area contributed by atoms with Crippen molar-refractivity contribution in [3.8, 4) is 0 Å². The number of hydrogen-bond donors (Lipinski definition) is 5. The summed E-state index contributed by atoms with van der Waals surface area (Å²) >= 11 is 0. The van der Waals surface area contributed by atoms with Crippen LogP contribution in [-0.4, -0.2) is 57.6 Å². The van der Waals surface area contributed by atoms with Gasteiger partial charge in [-0.05, 0) is 25.7 Å². The normalized spacial score (nSPS) is 13.8. The predicted molar refractivity (Wildman–Crippen MR) is 66.6 cm³/mol. The van der Waals surface area contributed by atoms with Crippen LogP contribution in [0.2, 0.25) is 0 Å². The van der Waals surface area contributed by atoms with Crippen molar-refractivity contribution in [3.63, 3.8) is 0 Å². The van der Waals surface area contributed by atoms with Crippen molar-refractivity contribution in [2.24, 2.45) is 0 Å². The van der Waals surface area contributed by atoms with Crippen LogP contribution in [0.1, 0.15) is 45.4 Å². The number of rotatable bonds is 9. The van der Waals surface area contributed by atoms with E-state index in [4.69, 9.17) is 25.5 Å². The summed E-state index contributed by atoms with van der Waals surface area (Å²) in [4.78, 5) is 0. The Bertz CT molecular complexity index is 132. The molecule has 5 nitrogen and oxygen atoms in total. The summed E-state index contributed by atoms with van der Waals surface area (Å²) in [6.07, 6.45) is 3.78. The van der Waals surface area contributed by atoms with Gasteiger partial charge < -0.3 is 25.5 Å². The zero-order valence-electron chi connectivity index (χ0n) is 10.8. The van der Waals surface area contributed by atoms with Crippen LogP contribution in [0.25, 0.3) is 0 Å². The fourth-order valence-corrected chi connectivity index (χ4v) is 1.11. The molecule has 106 valence electrons. The monoisotopic (exact) mass is 252 g/mol. The van der Waals surface area contributed by atoms with E-state index < -0.39 is 12.2 Å². The smallest absolute Gasteiger partial charge is 0.0771 e. The fraction of sp³-hybridized carbons (Fsp3) is 1.00. The van der Waals surface area contributed by atoms with Crippen LogP contribution in [0.5, 0.6) is 0 Å². The van der Waals surface area contributed by atoms with Gasteiger partial charge in [-0.1, -0.05) is 19.8 Å². The lowest BCUT2D eigenvalue weighted by molar-refractivity contribution is 0.0848. The minimum atomic E-state index is -0.600. The van der Waals surface area contributed by atoms with Crippen molar-refractivity contribution in [1.29, 1.82) is 0 Å². The van der Waals surface area contributed by atoms with Gasteiger partial charge in [0.05, 0.1) is 25.4 Å². The molecule has 0 spiro atoms. The molecule has 5 N–H and O–H groups in total. The first kappa shape index (κ1) is 19.1. The summed E-state index contributed by atoms with van der Waals surface area (Å²) in [5.74, 6) is 0. The van der Waals surface area contributed by atoms with E-state index in [0.717, 1.165) is 25.7 Å². The Balaban J connectivity index is 0. The molecular formula is C12H28O5. The molecule has 0 amide bonds. The van der Waals surface area contributed by atoms with E-state index in [1.165, 1.54) is 0 Å². The Kier molecular flexibility index (Phi) is 17.8. The largest absolute Gasteiger partial charge is 0.396 e. The molecule has 0 rings (SSSR count). The Morgan fingerprint density at radius 3 is 1.59 bits per heavy atom. The van der Waals surface area contributed by atoms with Gasteiger partial charge in [-0.3, -0.25) is 0 Å². The highest BCUT2D eigenvalue weighted by Gasteiger charge is 1.99. The van der Waals surface area contributed by atoms with Crippen LogP contribution in [0.4, 0.5) is 0 Å². The molecule has 0 saturated heterocycles. The predicted octanol–water partition coefficient (Wildman–Crippen LogP) is 0.0320. The zero-order valence-corrected chi connectivity index (χ0v) is 10.8. The molecule has 0 radical (unpaired) electrons. The van der Waals surface area contributed by atoms with Gasteiger partial charge in [0.15, 0.2) is 0 Å². The standard InChI is InChI=1S/C6H14O3.C6H14O2/c7-4-2-1-3-6(9)5-8;1-2-3-4-6(8)5-7/h6-9H,1-5H2;6-8H,2-5H2,1H3. The molecule has 0 aromatic rings. The van der Waals surface area contributed by atoms with Gasteiger partial charge in [-0.2, -0.15) is 0 Å². The summed E-state index contributed by atoms with van der Waals surface area (Å²) in [5.41, 5.74) is 0. The van der Waals surface area contributed by atoms with Crippen molar-refractivity contribution >= 4 is 0 Å². The molecule has 0 aromatic heterocycles. The Labute approximate surface area is 104 Å². The first-order valence-corrected chi connectivity index (χ1v) is 6.31.